The molecule has 0 saturated carbocycles. The second kappa shape index (κ2) is 8.19. The Bertz CT molecular complexity index is 616. The highest BCUT2D eigenvalue weighted by atomic mass is 16.5. The lowest BCUT2D eigenvalue weighted by Crippen LogP contribution is -2.33. The molecular formula is C16H21N3O4. The van der Waals surface area contributed by atoms with Crippen LogP contribution in [0.15, 0.2) is 41.1 Å². The number of methoxy groups -OCH3 is 1. The molecule has 0 aliphatic rings. The van der Waals surface area contributed by atoms with Crippen molar-refractivity contribution in [2.75, 3.05) is 32.7 Å². The van der Waals surface area contributed by atoms with E-state index in [1.54, 1.807) is 49.7 Å². The van der Waals surface area contributed by atoms with Crippen molar-refractivity contribution in [3.8, 4) is 5.88 Å². The Morgan fingerprint density at radius 2 is 2.26 bits per heavy atom. The van der Waals surface area contributed by atoms with Gasteiger partial charge in [-0.25, -0.2) is 9.78 Å². The Balaban J connectivity index is 1.95. The van der Waals surface area contributed by atoms with E-state index in [4.69, 9.17) is 13.9 Å². The molecule has 2 aromatic rings. The van der Waals surface area contributed by atoms with Gasteiger partial charge in [-0.15, -0.1) is 0 Å². The predicted octanol–water partition coefficient (Wildman–Crippen LogP) is 2.92. The van der Waals surface area contributed by atoms with Crippen LogP contribution in [-0.2, 0) is 4.74 Å². The number of hydrogen-bond donors (Lipinski definition) is 1. The topological polar surface area (TPSA) is 76.8 Å². The fourth-order valence-electron chi connectivity index (χ4n) is 1.90. The van der Waals surface area contributed by atoms with Gasteiger partial charge < -0.3 is 24.1 Å². The molecule has 0 aliphatic heterocycles. The lowest BCUT2D eigenvalue weighted by Gasteiger charge is -2.23. The minimum absolute atomic E-state index is 0.177. The zero-order valence-electron chi connectivity index (χ0n) is 13.5. The normalized spacial score (nSPS) is 11.8. The van der Waals surface area contributed by atoms with Crippen LogP contribution in [0.1, 0.15) is 18.7 Å². The molecule has 0 saturated heterocycles. The molecule has 0 unspecified atom stereocenters. The van der Waals surface area contributed by atoms with Crippen LogP contribution in [0.2, 0.25) is 0 Å². The van der Waals surface area contributed by atoms with Crippen molar-refractivity contribution in [2.24, 2.45) is 0 Å². The van der Waals surface area contributed by atoms with E-state index in [0.29, 0.717) is 24.8 Å². The molecule has 2 heterocycles. The SMILES string of the molecule is COCCOc1cc(NC(=O)N(C)[C@H](C)c2ccco2)ccn1. The number of nitrogens with one attached hydrogen (secondary N) is 1. The Labute approximate surface area is 135 Å². The first-order chi connectivity index (χ1) is 11.1. The van der Waals surface area contributed by atoms with Gasteiger partial charge >= 0.3 is 6.03 Å². The Morgan fingerprint density at radius 3 is 2.96 bits per heavy atom. The smallest absolute Gasteiger partial charge is 0.322 e. The molecule has 7 heteroatoms. The molecule has 2 amide bonds. The number of aromatic nitrogens is 1. The molecule has 0 fully saturated rings. The highest BCUT2D eigenvalue weighted by molar-refractivity contribution is 5.89. The van der Waals surface area contributed by atoms with Gasteiger partial charge in [0.1, 0.15) is 12.4 Å². The van der Waals surface area contributed by atoms with Gasteiger partial charge in [0.05, 0.1) is 18.9 Å². The minimum atomic E-state index is -0.247. The molecule has 7 nitrogen and oxygen atoms in total. The fraction of sp³-hybridized carbons (Fsp3) is 0.375. The van der Waals surface area contributed by atoms with Gasteiger partial charge in [0.2, 0.25) is 5.88 Å². The molecule has 1 N–H and O–H groups in total. The van der Waals surface area contributed by atoms with Gasteiger partial charge in [-0.05, 0) is 25.1 Å². The summed E-state index contributed by atoms with van der Waals surface area (Å²) in [6, 6.07) is 6.57. The standard InChI is InChI=1S/C16H21N3O4/c1-12(14-5-4-8-22-14)19(2)16(20)18-13-6-7-17-15(11-13)23-10-9-21-3/h4-8,11-12H,9-10H2,1-3H3,(H,17,18,20)/t12-/m1/s1. The Morgan fingerprint density at radius 1 is 1.43 bits per heavy atom. The van der Waals surface area contributed by atoms with Crippen LogP contribution < -0.4 is 10.1 Å². The average Bonchev–Trinajstić information content (AvgIpc) is 3.08. The summed E-state index contributed by atoms with van der Waals surface area (Å²) in [6.45, 7) is 2.77. The summed E-state index contributed by atoms with van der Waals surface area (Å²) in [5, 5.41) is 2.81. The molecule has 23 heavy (non-hydrogen) atoms. The van der Waals surface area contributed by atoms with Crippen molar-refractivity contribution in [3.63, 3.8) is 0 Å². The molecular weight excluding hydrogens is 298 g/mol. The number of anilines is 1. The van der Waals surface area contributed by atoms with E-state index in [1.165, 1.54) is 0 Å². The summed E-state index contributed by atoms with van der Waals surface area (Å²) >= 11 is 0. The predicted molar refractivity (Wildman–Crippen MR) is 85.5 cm³/mol. The second-order valence-corrected chi connectivity index (χ2v) is 4.96. The molecule has 2 aromatic heterocycles. The van der Waals surface area contributed by atoms with Crippen molar-refractivity contribution >= 4 is 11.7 Å². The Kier molecular flexibility index (Phi) is 5.99. The summed E-state index contributed by atoms with van der Waals surface area (Å²) in [5.74, 6) is 1.16. The van der Waals surface area contributed by atoms with Crippen LogP contribution >= 0.6 is 0 Å². The van der Waals surface area contributed by atoms with Crippen molar-refractivity contribution in [1.29, 1.82) is 0 Å². The third-order valence-corrected chi connectivity index (χ3v) is 3.38. The van der Waals surface area contributed by atoms with Gasteiger partial charge in [0.25, 0.3) is 0 Å². The quantitative estimate of drug-likeness (QED) is 0.794. The van der Waals surface area contributed by atoms with E-state index in [9.17, 15) is 4.79 Å². The van der Waals surface area contributed by atoms with Crippen LogP contribution in [0.25, 0.3) is 0 Å². The summed E-state index contributed by atoms with van der Waals surface area (Å²) in [7, 11) is 3.31. The highest BCUT2D eigenvalue weighted by Gasteiger charge is 2.19. The number of carbonyl (C=O) groups excluding carboxylic acids is 1. The highest BCUT2D eigenvalue weighted by Crippen LogP contribution is 2.20. The number of carbonyl (C=O) groups is 1. The van der Waals surface area contributed by atoms with Gasteiger partial charge in [-0.2, -0.15) is 0 Å². The first-order valence-electron chi connectivity index (χ1n) is 7.27. The van der Waals surface area contributed by atoms with Gasteiger partial charge in [-0.1, -0.05) is 0 Å². The molecule has 0 spiro atoms. The Hall–Kier alpha value is -2.54. The molecule has 1 atom stereocenters. The van der Waals surface area contributed by atoms with Gasteiger partial charge in [0, 0.05) is 32.1 Å². The number of urea groups is 1. The lowest BCUT2D eigenvalue weighted by atomic mass is 10.2. The van der Waals surface area contributed by atoms with Crippen LogP contribution in [0.5, 0.6) is 5.88 Å². The maximum absolute atomic E-state index is 12.3. The minimum Gasteiger partial charge on any atom is -0.475 e. The number of amides is 2. The molecule has 0 bridgehead atoms. The van der Waals surface area contributed by atoms with Crippen molar-refractivity contribution in [3.05, 3.63) is 42.5 Å². The molecule has 0 radical (unpaired) electrons. The second-order valence-electron chi connectivity index (χ2n) is 4.96. The number of nitrogens with zero attached hydrogens (tertiary/aromatic N) is 2. The van der Waals surface area contributed by atoms with Crippen molar-refractivity contribution in [2.45, 2.75) is 13.0 Å². The maximum Gasteiger partial charge on any atom is 0.322 e. The third kappa shape index (κ3) is 4.72. The first-order valence-corrected chi connectivity index (χ1v) is 7.27. The van der Waals surface area contributed by atoms with Gasteiger partial charge in [-0.3, -0.25) is 0 Å². The van der Waals surface area contributed by atoms with Crippen LogP contribution in [-0.4, -0.2) is 43.3 Å². The monoisotopic (exact) mass is 319 g/mol. The first kappa shape index (κ1) is 16.8. The number of pyridine rings is 1. The van der Waals surface area contributed by atoms with E-state index in [0.717, 1.165) is 5.76 Å². The maximum atomic E-state index is 12.3. The van der Waals surface area contributed by atoms with E-state index < -0.39 is 0 Å². The van der Waals surface area contributed by atoms with E-state index in [-0.39, 0.29) is 12.1 Å². The van der Waals surface area contributed by atoms with Crippen molar-refractivity contribution < 1.29 is 18.7 Å². The zero-order valence-corrected chi connectivity index (χ0v) is 13.5. The summed E-state index contributed by atoms with van der Waals surface area (Å²) in [5.41, 5.74) is 0.607. The van der Waals surface area contributed by atoms with Crippen LogP contribution in [0.4, 0.5) is 10.5 Å². The van der Waals surface area contributed by atoms with E-state index in [2.05, 4.69) is 10.3 Å². The lowest BCUT2D eigenvalue weighted by molar-refractivity contribution is 0.144. The number of ether oxygens (including phenoxy) is 2. The number of hydrogen-bond acceptors (Lipinski definition) is 5. The molecule has 124 valence electrons. The number of furan rings is 1. The van der Waals surface area contributed by atoms with Crippen LogP contribution in [0.3, 0.4) is 0 Å². The third-order valence-electron chi connectivity index (χ3n) is 3.38. The molecule has 2 rings (SSSR count). The van der Waals surface area contributed by atoms with Crippen LogP contribution in [0, 0.1) is 0 Å². The largest absolute Gasteiger partial charge is 0.475 e. The molecule has 0 aromatic carbocycles. The number of rotatable bonds is 7. The van der Waals surface area contributed by atoms with Crippen molar-refractivity contribution in [1.82, 2.24) is 9.88 Å². The summed E-state index contributed by atoms with van der Waals surface area (Å²) in [4.78, 5) is 18.0. The van der Waals surface area contributed by atoms with E-state index in [1.807, 2.05) is 13.0 Å². The summed E-state index contributed by atoms with van der Waals surface area (Å²) in [6.07, 6.45) is 3.16. The summed E-state index contributed by atoms with van der Waals surface area (Å²) < 4.78 is 15.7. The van der Waals surface area contributed by atoms with Gasteiger partial charge in [0.15, 0.2) is 0 Å². The zero-order chi connectivity index (χ0) is 16.7. The molecule has 0 aliphatic carbocycles. The average molecular weight is 319 g/mol. The van der Waals surface area contributed by atoms with E-state index >= 15 is 0 Å². The fourth-order valence-corrected chi connectivity index (χ4v) is 1.90.